The van der Waals surface area contributed by atoms with Gasteiger partial charge in [0.25, 0.3) is 0 Å². The number of hydrogen-bond donors (Lipinski definition) is 3. The van der Waals surface area contributed by atoms with Crippen molar-refractivity contribution in [2.75, 3.05) is 23.5 Å². The third-order valence-corrected chi connectivity index (χ3v) is 3.98. The Morgan fingerprint density at radius 3 is 2.21 bits per heavy atom. The highest BCUT2D eigenvalue weighted by Gasteiger charge is 2.29. The molecule has 6 nitrogen and oxygen atoms in total. The third-order valence-electron chi connectivity index (χ3n) is 3.98. The SMILES string of the molecule is COc1ccc(CNc2ncnc(Nc3ccc(C(F)(F)F)cc3)c2N)cc1. The van der Waals surface area contributed by atoms with Gasteiger partial charge in [-0.15, -0.1) is 0 Å². The molecule has 2 aromatic carbocycles. The van der Waals surface area contributed by atoms with Gasteiger partial charge in [0.05, 0.1) is 12.7 Å². The highest BCUT2D eigenvalue weighted by molar-refractivity contribution is 5.77. The van der Waals surface area contributed by atoms with E-state index in [1.807, 2.05) is 24.3 Å². The molecule has 4 N–H and O–H groups in total. The summed E-state index contributed by atoms with van der Waals surface area (Å²) in [6, 6.07) is 12.1. The zero-order valence-electron chi connectivity index (χ0n) is 14.9. The molecular formula is C19H18F3N5O. The molecule has 0 aliphatic rings. The highest BCUT2D eigenvalue weighted by Crippen LogP contribution is 2.31. The van der Waals surface area contributed by atoms with E-state index in [-0.39, 0.29) is 5.69 Å². The first kappa shape index (κ1) is 19.3. The number of benzene rings is 2. The Morgan fingerprint density at radius 1 is 0.964 bits per heavy atom. The van der Waals surface area contributed by atoms with Crippen molar-refractivity contribution in [3.63, 3.8) is 0 Å². The molecule has 28 heavy (non-hydrogen) atoms. The summed E-state index contributed by atoms with van der Waals surface area (Å²) >= 11 is 0. The van der Waals surface area contributed by atoms with Crippen molar-refractivity contribution < 1.29 is 17.9 Å². The molecule has 3 rings (SSSR count). The predicted molar refractivity (Wildman–Crippen MR) is 101 cm³/mol. The maximum absolute atomic E-state index is 12.7. The van der Waals surface area contributed by atoms with Crippen molar-refractivity contribution in [1.82, 2.24) is 9.97 Å². The monoisotopic (exact) mass is 389 g/mol. The van der Waals surface area contributed by atoms with Crippen LogP contribution in [0.15, 0.2) is 54.9 Å². The van der Waals surface area contributed by atoms with Crippen LogP contribution in [0.2, 0.25) is 0 Å². The number of nitrogens with one attached hydrogen (secondary N) is 2. The van der Waals surface area contributed by atoms with Gasteiger partial charge in [0.1, 0.15) is 17.8 Å². The van der Waals surface area contributed by atoms with E-state index >= 15 is 0 Å². The first-order chi connectivity index (χ1) is 13.4. The predicted octanol–water partition coefficient (Wildman–Crippen LogP) is 4.44. The molecule has 0 saturated carbocycles. The van der Waals surface area contributed by atoms with E-state index in [4.69, 9.17) is 10.5 Å². The van der Waals surface area contributed by atoms with Crippen LogP contribution in [0.1, 0.15) is 11.1 Å². The van der Waals surface area contributed by atoms with Crippen LogP contribution in [0.4, 0.5) is 36.2 Å². The van der Waals surface area contributed by atoms with E-state index in [0.717, 1.165) is 23.4 Å². The molecular weight excluding hydrogens is 371 g/mol. The van der Waals surface area contributed by atoms with Gasteiger partial charge in [-0.2, -0.15) is 13.2 Å². The smallest absolute Gasteiger partial charge is 0.416 e. The molecule has 0 amide bonds. The fraction of sp³-hybridized carbons (Fsp3) is 0.158. The molecule has 0 bridgehead atoms. The van der Waals surface area contributed by atoms with Crippen LogP contribution < -0.4 is 21.1 Å². The number of nitrogens with zero attached hydrogens (tertiary/aromatic N) is 2. The highest BCUT2D eigenvalue weighted by atomic mass is 19.4. The van der Waals surface area contributed by atoms with Crippen LogP contribution >= 0.6 is 0 Å². The quantitative estimate of drug-likeness (QED) is 0.578. The van der Waals surface area contributed by atoms with Crippen LogP contribution in [0.5, 0.6) is 5.75 Å². The summed E-state index contributed by atoms with van der Waals surface area (Å²) in [4.78, 5) is 8.17. The lowest BCUT2D eigenvalue weighted by atomic mass is 10.2. The standard InChI is InChI=1S/C19H18F3N5O/c1-28-15-8-2-12(3-9-15)10-24-17-16(23)18(26-11-25-17)27-14-6-4-13(5-7-14)19(20,21)22/h2-9,11H,10,23H2,1H3,(H2,24,25,26,27). The minimum Gasteiger partial charge on any atom is -0.497 e. The molecule has 9 heteroatoms. The molecule has 0 saturated heterocycles. The topological polar surface area (TPSA) is 85.1 Å². The van der Waals surface area contributed by atoms with E-state index in [0.29, 0.717) is 23.9 Å². The first-order valence-electron chi connectivity index (χ1n) is 8.28. The van der Waals surface area contributed by atoms with E-state index in [1.165, 1.54) is 18.5 Å². The Hall–Kier alpha value is -3.49. The molecule has 0 spiro atoms. The van der Waals surface area contributed by atoms with E-state index in [9.17, 15) is 13.2 Å². The molecule has 0 unspecified atom stereocenters. The minimum atomic E-state index is -4.38. The van der Waals surface area contributed by atoms with Crippen LogP contribution in [0, 0.1) is 0 Å². The Kier molecular flexibility index (Phi) is 5.53. The molecule has 0 aliphatic carbocycles. The second-order valence-corrected chi connectivity index (χ2v) is 5.89. The summed E-state index contributed by atoms with van der Waals surface area (Å²) in [7, 11) is 1.60. The molecule has 0 radical (unpaired) electrons. The van der Waals surface area contributed by atoms with Crippen LogP contribution in [-0.4, -0.2) is 17.1 Å². The van der Waals surface area contributed by atoms with Gasteiger partial charge in [0.2, 0.25) is 0 Å². The summed E-state index contributed by atoms with van der Waals surface area (Å²) in [5, 5.41) is 6.02. The molecule has 0 aliphatic heterocycles. The maximum atomic E-state index is 12.7. The number of nitrogens with two attached hydrogens (primary N) is 1. The van der Waals surface area contributed by atoms with Gasteiger partial charge < -0.3 is 21.1 Å². The van der Waals surface area contributed by atoms with Gasteiger partial charge in [0, 0.05) is 12.2 Å². The molecule has 146 valence electrons. The summed E-state index contributed by atoms with van der Waals surface area (Å²) in [6.45, 7) is 0.477. The second-order valence-electron chi connectivity index (χ2n) is 5.89. The average molecular weight is 389 g/mol. The van der Waals surface area contributed by atoms with Gasteiger partial charge in [-0.05, 0) is 42.0 Å². The van der Waals surface area contributed by atoms with Crippen molar-refractivity contribution >= 4 is 23.0 Å². The lowest BCUT2D eigenvalue weighted by molar-refractivity contribution is -0.137. The number of aromatic nitrogens is 2. The Bertz CT molecular complexity index is 928. The summed E-state index contributed by atoms with van der Waals surface area (Å²) in [5.74, 6) is 1.47. The van der Waals surface area contributed by atoms with Gasteiger partial charge >= 0.3 is 6.18 Å². The van der Waals surface area contributed by atoms with Crippen LogP contribution in [-0.2, 0) is 12.7 Å². The van der Waals surface area contributed by atoms with Gasteiger partial charge in [-0.3, -0.25) is 0 Å². The van der Waals surface area contributed by atoms with Crippen molar-refractivity contribution in [3.8, 4) is 5.75 Å². The number of ether oxygens (including phenoxy) is 1. The fourth-order valence-corrected chi connectivity index (χ4v) is 2.44. The number of nitrogen functional groups attached to an aromatic ring is 1. The van der Waals surface area contributed by atoms with Gasteiger partial charge in [-0.25, -0.2) is 9.97 Å². The second kappa shape index (κ2) is 8.03. The zero-order valence-corrected chi connectivity index (χ0v) is 14.9. The number of hydrogen-bond acceptors (Lipinski definition) is 6. The summed E-state index contributed by atoms with van der Waals surface area (Å²) < 4.78 is 43.1. The number of anilines is 4. The largest absolute Gasteiger partial charge is 0.497 e. The Morgan fingerprint density at radius 2 is 1.61 bits per heavy atom. The molecule has 1 aromatic heterocycles. The van der Waals surface area contributed by atoms with Crippen molar-refractivity contribution in [2.24, 2.45) is 0 Å². The minimum absolute atomic E-state index is 0.260. The average Bonchev–Trinajstić information content (AvgIpc) is 2.69. The van der Waals surface area contributed by atoms with Crippen molar-refractivity contribution in [2.45, 2.75) is 12.7 Å². The molecule has 0 fully saturated rings. The molecule has 3 aromatic rings. The van der Waals surface area contributed by atoms with Crippen molar-refractivity contribution in [1.29, 1.82) is 0 Å². The van der Waals surface area contributed by atoms with E-state index in [1.54, 1.807) is 7.11 Å². The van der Waals surface area contributed by atoms with Gasteiger partial charge in [-0.1, -0.05) is 12.1 Å². The Balaban J connectivity index is 1.70. The number of halogens is 3. The number of rotatable bonds is 6. The summed E-state index contributed by atoms with van der Waals surface area (Å²) in [6.07, 6.45) is -3.07. The van der Waals surface area contributed by atoms with Crippen LogP contribution in [0.3, 0.4) is 0 Å². The normalized spacial score (nSPS) is 11.1. The number of methoxy groups -OCH3 is 1. The summed E-state index contributed by atoms with van der Waals surface area (Å²) in [5.41, 5.74) is 7.05. The van der Waals surface area contributed by atoms with Crippen molar-refractivity contribution in [3.05, 3.63) is 66.0 Å². The lowest BCUT2D eigenvalue weighted by Crippen LogP contribution is -2.08. The Labute approximate surface area is 159 Å². The van der Waals surface area contributed by atoms with E-state index in [2.05, 4.69) is 20.6 Å². The fourth-order valence-electron chi connectivity index (χ4n) is 2.44. The number of alkyl halides is 3. The van der Waals surface area contributed by atoms with Crippen LogP contribution in [0.25, 0.3) is 0 Å². The molecule has 1 heterocycles. The zero-order chi connectivity index (χ0) is 20.1. The van der Waals surface area contributed by atoms with E-state index < -0.39 is 11.7 Å². The molecule has 0 atom stereocenters. The maximum Gasteiger partial charge on any atom is 0.416 e. The third kappa shape index (κ3) is 4.61. The lowest BCUT2D eigenvalue weighted by Gasteiger charge is -2.13. The van der Waals surface area contributed by atoms with Gasteiger partial charge in [0.15, 0.2) is 11.6 Å². The first-order valence-corrected chi connectivity index (χ1v) is 8.28.